The van der Waals surface area contributed by atoms with Gasteiger partial charge in [-0.2, -0.15) is 0 Å². The van der Waals surface area contributed by atoms with Crippen LogP contribution in [0.2, 0.25) is 0 Å². The Morgan fingerprint density at radius 2 is 1.79 bits per heavy atom. The molecule has 1 atom stereocenters. The fourth-order valence-electron chi connectivity index (χ4n) is 4.06. The standard InChI is InChI=1S/C24H21F4NO5/c1-12(23(32)33-15-4-3-5-15)21-13(2)29(19-11-18(25)20(30)10-17(19)21)22(31)14-6-8-16(9-7-14)34-24(26,27)28/h6-12,15,30H,3-5H2,1-2H3. The van der Waals surface area contributed by atoms with Crippen molar-refractivity contribution in [3.63, 3.8) is 0 Å². The largest absolute Gasteiger partial charge is 0.573 e. The Labute approximate surface area is 191 Å². The molecule has 0 bridgehead atoms. The first kappa shape index (κ1) is 23.6. The Bertz CT molecular complexity index is 1260. The number of hydrogen-bond acceptors (Lipinski definition) is 5. The summed E-state index contributed by atoms with van der Waals surface area (Å²) in [6.45, 7) is 3.16. The van der Waals surface area contributed by atoms with E-state index < -0.39 is 41.5 Å². The van der Waals surface area contributed by atoms with Crippen molar-refractivity contribution in [2.24, 2.45) is 0 Å². The molecule has 0 radical (unpaired) electrons. The number of esters is 1. The topological polar surface area (TPSA) is 77.8 Å². The molecule has 2 aromatic carbocycles. The Hall–Kier alpha value is -3.56. The molecule has 1 unspecified atom stereocenters. The molecule has 0 saturated heterocycles. The maximum atomic E-state index is 14.2. The highest BCUT2D eigenvalue weighted by molar-refractivity contribution is 6.05. The van der Waals surface area contributed by atoms with E-state index in [4.69, 9.17) is 4.74 Å². The van der Waals surface area contributed by atoms with E-state index >= 15 is 0 Å². The van der Waals surface area contributed by atoms with E-state index in [0.29, 0.717) is 16.6 Å². The molecule has 34 heavy (non-hydrogen) atoms. The van der Waals surface area contributed by atoms with Crippen LogP contribution in [0.4, 0.5) is 17.6 Å². The smallest absolute Gasteiger partial charge is 0.505 e. The van der Waals surface area contributed by atoms with Gasteiger partial charge >= 0.3 is 12.3 Å². The highest BCUT2D eigenvalue weighted by Crippen LogP contribution is 2.37. The van der Waals surface area contributed by atoms with Crippen LogP contribution in [0.1, 0.15) is 53.7 Å². The number of nitrogens with zero attached hydrogens (tertiary/aromatic N) is 1. The van der Waals surface area contributed by atoms with Gasteiger partial charge in [0.2, 0.25) is 0 Å². The summed E-state index contributed by atoms with van der Waals surface area (Å²) in [5.41, 5.74) is 0.824. The van der Waals surface area contributed by atoms with E-state index in [1.807, 2.05) is 0 Å². The lowest BCUT2D eigenvalue weighted by Gasteiger charge is -2.26. The summed E-state index contributed by atoms with van der Waals surface area (Å²) in [7, 11) is 0. The van der Waals surface area contributed by atoms with Crippen LogP contribution in [0.15, 0.2) is 36.4 Å². The third-order valence-electron chi connectivity index (χ3n) is 5.98. The maximum absolute atomic E-state index is 14.2. The van der Waals surface area contributed by atoms with E-state index in [1.165, 1.54) is 4.57 Å². The van der Waals surface area contributed by atoms with Gasteiger partial charge in [-0.1, -0.05) is 0 Å². The van der Waals surface area contributed by atoms with Crippen molar-refractivity contribution in [2.75, 3.05) is 0 Å². The number of phenolic OH excluding ortho intramolecular Hbond substituents is 1. The predicted octanol–water partition coefficient (Wildman–Crippen LogP) is 5.58. The monoisotopic (exact) mass is 479 g/mol. The van der Waals surface area contributed by atoms with Crippen molar-refractivity contribution < 1.29 is 41.7 Å². The van der Waals surface area contributed by atoms with Crippen molar-refractivity contribution in [3.05, 3.63) is 59.0 Å². The molecule has 6 nitrogen and oxygen atoms in total. The molecule has 1 saturated carbocycles. The fraction of sp³-hybridized carbons (Fsp3) is 0.333. The number of halogens is 4. The van der Waals surface area contributed by atoms with Gasteiger partial charge in [-0.3, -0.25) is 14.2 Å². The molecule has 1 fully saturated rings. The van der Waals surface area contributed by atoms with Gasteiger partial charge in [0.15, 0.2) is 11.6 Å². The van der Waals surface area contributed by atoms with Crippen LogP contribution in [-0.2, 0) is 9.53 Å². The molecule has 3 aromatic rings. The summed E-state index contributed by atoms with van der Waals surface area (Å²) in [5, 5.41) is 10.2. The Morgan fingerprint density at radius 3 is 2.35 bits per heavy atom. The minimum Gasteiger partial charge on any atom is -0.505 e. The summed E-state index contributed by atoms with van der Waals surface area (Å²) in [5.74, 6) is -4.09. The number of hydrogen-bond donors (Lipinski definition) is 1. The van der Waals surface area contributed by atoms with Gasteiger partial charge in [0, 0.05) is 22.7 Å². The predicted molar refractivity (Wildman–Crippen MR) is 113 cm³/mol. The van der Waals surface area contributed by atoms with Gasteiger partial charge in [0.25, 0.3) is 5.91 Å². The molecule has 1 aliphatic carbocycles. The Balaban J connectivity index is 1.76. The molecule has 10 heteroatoms. The van der Waals surface area contributed by atoms with Crippen LogP contribution in [0.25, 0.3) is 10.9 Å². The molecule has 4 rings (SSSR count). The molecule has 1 aromatic heterocycles. The van der Waals surface area contributed by atoms with Crippen molar-refractivity contribution in [1.82, 2.24) is 4.57 Å². The molecule has 0 amide bonds. The number of aromatic nitrogens is 1. The first-order valence-corrected chi connectivity index (χ1v) is 10.6. The number of fused-ring (bicyclic) bond motifs is 1. The molecule has 1 N–H and O–H groups in total. The molecule has 180 valence electrons. The van der Waals surface area contributed by atoms with Crippen LogP contribution in [-0.4, -0.2) is 34.0 Å². The second kappa shape index (κ2) is 8.66. The average Bonchev–Trinajstić information content (AvgIpc) is 3.00. The van der Waals surface area contributed by atoms with Crippen molar-refractivity contribution in [3.8, 4) is 11.5 Å². The van der Waals surface area contributed by atoms with Gasteiger partial charge in [0.05, 0.1) is 11.4 Å². The van der Waals surface area contributed by atoms with Crippen molar-refractivity contribution in [1.29, 1.82) is 0 Å². The van der Waals surface area contributed by atoms with E-state index in [1.54, 1.807) is 13.8 Å². The fourth-order valence-corrected chi connectivity index (χ4v) is 4.06. The normalized spacial score (nSPS) is 15.1. The molecule has 1 aliphatic rings. The number of rotatable bonds is 5. The van der Waals surface area contributed by atoms with E-state index in [9.17, 15) is 32.3 Å². The summed E-state index contributed by atoms with van der Waals surface area (Å²) >= 11 is 0. The van der Waals surface area contributed by atoms with Crippen molar-refractivity contribution >= 4 is 22.8 Å². The first-order valence-electron chi connectivity index (χ1n) is 10.6. The lowest BCUT2D eigenvalue weighted by atomic mass is 9.94. The first-order chi connectivity index (χ1) is 16.0. The zero-order valence-corrected chi connectivity index (χ0v) is 18.3. The lowest BCUT2D eigenvalue weighted by molar-refractivity contribution is -0.274. The van der Waals surface area contributed by atoms with Gasteiger partial charge < -0.3 is 14.6 Å². The van der Waals surface area contributed by atoms with E-state index in [-0.39, 0.29) is 17.2 Å². The van der Waals surface area contributed by atoms with Crippen LogP contribution in [0.3, 0.4) is 0 Å². The minimum absolute atomic E-state index is 0.0132. The number of ether oxygens (including phenoxy) is 2. The second-order valence-electron chi connectivity index (χ2n) is 8.24. The van der Waals surface area contributed by atoms with E-state index in [0.717, 1.165) is 55.7 Å². The number of carbonyl (C=O) groups is 2. The van der Waals surface area contributed by atoms with E-state index in [2.05, 4.69) is 4.74 Å². The van der Waals surface area contributed by atoms with Crippen LogP contribution in [0, 0.1) is 12.7 Å². The zero-order valence-electron chi connectivity index (χ0n) is 18.3. The minimum atomic E-state index is -4.88. The summed E-state index contributed by atoms with van der Waals surface area (Å²) in [4.78, 5) is 26.0. The average molecular weight is 479 g/mol. The van der Waals surface area contributed by atoms with Gasteiger partial charge in [-0.05, 0) is 69.0 Å². The van der Waals surface area contributed by atoms with Crippen LogP contribution < -0.4 is 4.74 Å². The quantitative estimate of drug-likeness (QED) is 0.382. The molecular formula is C24H21F4NO5. The number of carbonyl (C=O) groups excluding carboxylic acids is 2. The summed E-state index contributed by atoms with van der Waals surface area (Å²) in [6, 6.07) is 6.41. The summed E-state index contributed by atoms with van der Waals surface area (Å²) < 4.78 is 62.0. The second-order valence-corrected chi connectivity index (χ2v) is 8.24. The van der Waals surface area contributed by atoms with Crippen LogP contribution in [0.5, 0.6) is 11.5 Å². The van der Waals surface area contributed by atoms with Gasteiger partial charge in [-0.15, -0.1) is 13.2 Å². The molecule has 1 heterocycles. The third-order valence-corrected chi connectivity index (χ3v) is 5.98. The summed E-state index contributed by atoms with van der Waals surface area (Å²) in [6.07, 6.45) is -2.51. The zero-order chi connectivity index (χ0) is 24.8. The molecular weight excluding hydrogens is 458 g/mol. The Kier molecular flexibility index (Phi) is 6.01. The van der Waals surface area contributed by atoms with Gasteiger partial charge in [-0.25, -0.2) is 4.39 Å². The number of aromatic hydroxyl groups is 1. The Morgan fingerprint density at radius 1 is 1.15 bits per heavy atom. The number of alkyl halides is 3. The highest BCUT2D eigenvalue weighted by atomic mass is 19.4. The van der Waals surface area contributed by atoms with Gasteiger partial charge in [0.1, 0.15) is 11.9 Å². The SMILES string of the molecule is Cc1c(C(C)C(=O)OC2CCC2)c2cc(O)c(F)cc2n1C(=O)c1ccc(OC(F)(F)F)cc1. The third kappa shape index (κ3) is 4.44. The maximum Gasteiger partial charge on any atom is 0.573 e. The molecule has 0 aliphatic heterocycles. The van der Waals surface area contributed by atoms with Crippen molar-refractivity contribution in [2.45, 2.75) is 51.5 Å². The molecule has 0 spiro atoms. The number of benzene rings is 2. The lowest BCUT2D eigenvalue weighted by Crippen LogP contribution is -2.27. The number of phenols is 1. The highest BCUT2D eigenvalue weighted by Gasteiger charge is 2.32. The van der Waals surface area contributed by atoms with Crippen LogP contribution >= 0.6 is 0 Å².